The van der Waals surface area contributed by atoms with Crippen molar-refractivity contribution < 1.29 is 4.79 Å². The Morgan fingerprint density at radius 3 is 1.96 bits per heavy atom. The summed E-state index contributed by atoms with van der Waals surface area (Å²) < 4.78 is 0. The van der Waals surface area contributed by atoms with Crippen molar-refractivity contribution in [2.45, 2.75) is 110 Å². The molecule has 2 nitrogen and oxygen atoms in total. The van der Waals surface area contributed by atoms with Gasteiger partial charge in [-0.3, -0.25) is 4.79 Å². The van der Waals surface area contributed by atoms with E-state index in [-0.39, 0.29) is 5.91 Å². The van der Waals surface area contributed by atoms with E-state index in [0.29, 0.717) is 6.42 Å². The molecule has 0 aliphatic carbocycles. The van der Waals surface area contributed by atoms with Crippen LogP contribution in [0.1, 0.15) is 110 Å². The summed E-state index contributed by atoms with van der Waals surface area (Å²) in [5.74, 6) is 2.57. The molecule has 0 unspecified atom stereocenters. The molecule has 0 saturated carbocycles. The molecule has 0 aliphatic rings. The first-order valence-electron chi connectivity index (χ1n) is 11.3. The summed E-state index contributed by atoms with van der Waals surface area (Å²) in [5.41, 5.74) is 0. The van der Waals surface area contributed by atoms with Crippen LogP contribution in [-0.4, -0.2) is 24.0 Å². The van der Waals surface area contributed by atoms with Crippen LogP contribution in [0.25, 0.3) is 0 Å². The van der Waals surface area contributed by atoms with Gasteiger partial charge in [0, 0.05) is 13.0 Å². The molecule has 0 fully saturated rings. The van der Waals surface area contributed by atoms with Crippen molar-refractivity contribution in [3.63, 3.8) is 0 Å². The minimum atomic E-state index is 0.240. The largest absolute Gasteiger partial charge is 0.356 e. The lowest BCUT2D eigenvalue weighted by molar-refractivity contribution is -0.121. The highest BCUT2D eigenvalue weighted by molar-refractivity contribution is 7.99. The summed E-state index contributed by atoms with van der Waals surface area (Å²) in [4.78, 5) is 11.7. The van der Waals surface area contributed by atoms with E-state index in [1.165, 1.54) is 82.8 Å². The van der Waals surface area contributed by atoms with Gasteiger partial charge in [0.15, 0.2) is 0 Å². The lowest BCUT2D eigenvalue weighted by Crippen LogP contribution is -2.24. The molecule has 0 bridgehead atoms. The highest BCUT2D eigenvalue weighted by Crippen LogP contribution is 2.10. The zero-order valence-electron chi connectivity index (χ0n) is 17.7. The van der Waals surface area contributed by atoms with Gasteiger partial charge in [0.25, 0.3) is 0 Å². The van der Waals surface area contributed by atoms with Crippen LogP contribution in [0.15, 0.2) is 12.2 Å². The highest BCUT2D eigenvalue weighted by atomic mass is 32.2. The van der Waals surface area contributed by atoms with Gasteiger partial charge in [0.1, 0.15) is 0 Å². The number of carbonyl (C=O) groups is 1. The van der Waals surface area contributed by atoms with Crippen molar-refractivity contribution in [2.75, 3.05) is 18.1 Å². The Morgan fingerprint density at radius 2 is 1.35 bits per heavy atom. The number of amides is 1. The maximum Gasteiger partial charge on any atom is 0.219 e. The number of allylic oxidation sites excluding steroid dienone is 2. The molecule has 0 aliphatic heterocycles. The standard InChI is InChI=1S/C23H45NOS/c1-3-5-6-7-8-9-10-11-12-13-14-15-16-17-18-20-23(25)24-21-19-22-26-4-2/h11-12H,3-10,13-22H2,1-2H3,(H,24,25)/b12-11-. The smallest absolute Gasteiger partial charge is 0.219 e. The Bertz CT molecular complexity index is 317. The summed E-state index contributed by atoms with van der Waals surface area (Å²) in [7, 11) is 0. The first-order chi connectivity index (χ1) is 12.8. The van der Waals surface area contributed by atoms with Crippen LogP contribution in [0.5, 0.6) is 0 Å². The molecule has 0 rings (SSSR count). The Hall–Kier alpha value is -0.440. The molecular weight excluding hydrogens is 338 g/mol. The number of rotatable bonds is 20. The first-order valence-corrected chi connectivity index (χ1v) is 12.5. The first kappa shape index (κ1) is 25.6. The van der Waals surface area contributed by atoms with Crippen molar-refractivity contribution in [1.82, 2.24) is 5.32 Å². The zero-order chi connectivity index (χ0) is 19.1. The molecule has 154 valence electrons. The normalized spacial score (nSPS) is 11.3. The molecule has 1 amide bonds. The van der Waals surface area contributed by atoms with Gasteiger partial charge in [-0.1, -0.05) is 77.4 Å². The molecular formula is C23H45NOS. The summed E-state index contributed by atoms with van der Waals surface area (Å²) >= 11 is 1.94. The van der Waals surface area contributed by atoms with E-state index < -0.39 is 0 Å². The van der Waals surface area contributed by atoms with Gasteiger partial charge in [-0.15, -0.1) is 0 Å². The summed E-state index contributed by atoms with van der Waals surface area (Å²) in [6.07, 6.45) is 23.5. The quantitative estimate of drug-likeness (QED) is 0.177. The fraction of sp³-hybridized carbons (Fsp3) is 0.870. The summed E-state index contributed by atoms with van der Waals surface area (Å²) in [5, 5.41) is 3.03. The second kappa shape index (κ2) is 22.6. The Morgan fingerprint density at radius 1 is 0.769 bits per heavy atom. The highest BCUT2D eigenvalue weighted by Gasteiger charge is 2.00. The van der Waals surface area contributed by atoms with Gasteiger partial charge in [0.2, 0.25) is 5.91 Å². The monoisotopic (exact) mass is 383 g/mol. The topological polar surface area (TPSA) is 29.1 Å². The lowest BCUT2D eigenvalue weighted by atomic mass is 10.1. The molecule has 0 saturated heterocycles. The van der Waals surface area contributed by atoms with Gasteiger partial charge in [-0.25, -0.2) is 0 Å². The maximum absolute atomic E-state index is 11.7. The van der Waals surface area contributed by atoms with Crippen molar-refractivity contribution in [2.24, 2.45) is 0 Å². The molecule has 0 aromatic rings. The van der Waals surface area contributed by atoms with Crippen molar-refractivity contribution >= 4 is 17.7 Å². The SMILES string of the molecule is CCCCCCCC/C=C\CCCCCCCC(=O)NCCCSCC. The van der Waals surface area contributed by atoms with Gasteiger partial charge >= 0.3 is 0 Å². The summed E-state index contributed by atoms with van der Waals surface area (Å²) in [6, 6.07) is 0. The molecule has 1 N–H and O–H groups in total. The number of hydrogen-bond donors (Lipinski definition) is 1. The second-order valence-corrected chi connectivity index (χ2v) is 8.63. The van der Waals surface area contributed by atoms with Crippen LogP contribution in [0.4, 0.5) is 0 Å². The molecule has 0 aromatic heterocycles. The van der Waals surface area contributed by atoms with E-state index in [2.05, 4.69) is 31.3 Å². The zero-order valence-corrected chi connectivity index (χ0v) is 18.5. The van der Waals surface area contributed by atoms with Crippen LogP contribution in [0.3, 0.4) is 0 Å². The number of carbonyl (C=O) groups excluding carboxylic acids is 1. The lowest BCUT2D eigenvalue weighted by Gasteiger charge is -2.05. The van der Waals surface area contributed by atoms with Crippen molar-refractivity contribution in [3.8, 4) is 0 Å². The predicted octanol–water partition coefficient (Wildman–Crippen LogP) is 7.28. The number of hydrogen-bond acceptors (Lipinski definition) is 2. The maximum atomic E-state index is 11.7. The van der Waals surface area contributed by atoms with E-state index in [1.54, 1.807) is 0 Å². The average molecular weight is 384 g/mol. The van der Waals surface area contributed by atoms with E-state index in [0.717, 1.165) is 25.1 Å². The fourth-order valence-electron chi connectivity index (χ4n) is 2.99. The van der Waals surface area contributed by atoms with Crippen LogP contribution in [0, 0.1) is 0 Å². The third kappa shape index (κ3) is 21.6. The predicted molar refractivity (Wildman–Crippen MR) is 120 cm³/mol. The minimum absolute atomic E-state index is 0.240. The average Bonchev–Trinajstić information content (AvgIpc) is 2.64. The Kier molecular flexibility index (Phi) is 22.2. The molecule has 0 heterocycles. The second-order valence-electron chi connectivity index (χ2n) is 7.23. The third-order valence-electron chi connectivity index (χ3n) is 4.66. The fourth-order valence-corrected chi connectivity index (χ4v) is 3.63. The Labute approximate surface area is 168 Å². The van der Waals surface area contributed by atoms with Gasteiger partial charge in [-0.2, -0.15) is 11.8 Å². The third-order valence-corrected chi connectivity index (χ3v) is 5.64. The van der Waals surface area contributed by atoms with Crippen molar-refractivity contribution in [1.29, 1.82) is 0 Å². The molecule has 0 aromatic carbocycles. The Balaban J connectivity index is 3.18. The van der Waals surface area contributed by atoms with E-state index in [1.807, 2.05) is 11.8 Å². The molecule has 3 heteroatoms. The van der Waals surface area contributed by atoms with E-state index in [9.17, 15) is 4.79 Å². The van der Waals surface area contributed by atoms with Crippen molar-refractivity contribution in [3.05, 3.63) is 12.2 Å². The van der Waals surface area contributed by atoms with Crippen LogP contribution in [0.2, 0.25) is 0 Å². The van der Waals surface area contributed by atoms with Crippen LogP contribution >= 0.6 is 11.8 Å². The molecule has 0 spiro atoms. The molecule has 0 radical (unpaired) electrons. The number of thioether (sulfide) groups is 1. The molecule has 0 atom stereocenters. The van der Waals surface area contributed by atoms with E-state index >= 15 is 0 Å². The van der Waals surface area contributed by atoms with Crippen LogP contribution in [-0.2, 0) is 4.79 Å². The van der Waals surface area contributed by atoms with E-state index in [4.69, 9.17) is 0 Å². The minimum Gasteiger partial charge on any atom is -0.356 e. The van der Waals surface area contributed by atoms with Crippen LogP contribution < -0.4 is 5.32 Å². The number of unbranched alkanes of at least 4 members (excludes halogenated alkanes) is 11. The van der Waals surface area contributed by atoms with Gasteiger partial charge < -0.3 is 5.32 Å². The number of nitrogens with one attached hydrogen (secondary N) is 1. The summed E-state index contributed by atoms with van der Waals surface area (Å²) in [6.45, 7) is 5.29. The van der Waals surface area contributed by atoms with Gasteiger partial charge in [0.05, 0.1) is 0 Å². The van der Waals surface area contributed by atoms with Gasteiger partial charge in [-0.05, 0) is 50.0 Å². The molecule has 26 heavy (non-hydrogen) atoms.